The van der Waals surface area contributed by atoms with E-state index >= 15 is 0 Å². The van der Waals surface area contributed by atoms with Gasteiger partial charge >= 0.3 is 0 Å². The fraction of sp³-hybridized carbons (Fsp3) is 1.00. The number of hydrogen-bond donors (Lipinski definition) is 2. The molecule has 5 heteroatoms. The molecule has 0 aromatic heterocycles. The Labute approximate surface area is 91.0 Å². The predicted molar refractivity (Wildman–Crippen MR) is 65.8 cm³/mol. The molecule has 1 atom stereocenters. The van der Waals surface area contributed by atoms with E-state index in [-0.39, 0.29) is 9.84 Å². The Kier molecular flexibility index (Phi) is 8.41. The van der Waals surface area contributed by atoms with Gasteiger partial charge in [0, 0.05) is 0 Å². The third kappa shape index (κ3) is 5.72. The van der Waals surface area contributed by atoms with Crippen molar-refractivity contribution in [2.75, 3.05) is 33.7 Å². The molecule has 0 fully saturated rings. The molecule has 0 spiro atoms. The van der Waals surface area contributed by atoms with E-state index in [1.165, 1.54) is 0 Å². The van der Waals surface area contributed by atoms with Crippen molar-refractivity contribution in [3.05, 3.63) is 0 Å². The Hall–Kier alpha value is 0.0569. The Balaban J connectivity index is 3.98. The number of nitrogens with one attached hydrogen (secondary N) is 2. The zero-order valence-electron chi connectivity index (χ0n) is 10.3. The van der Waals surface area contributed by atoms with E-state index in [0.29, 0.717) is 6.29 Å². The Morgan fingerprint density at radius 2 is 1.71 bits per heavy atom. The maximum absolute atomic E-state index is 3.60. The van der Waals surface area contributed by atoms with E-state index in [9.17, 15) is 0 Å². The summed E-state index contributed by atoms with van der Waals surface area (Å²) < 4.78 is 2.27. The molecule has 0 radical (unpaired) electrons. The number of nitrogens with zero attached hydrogens (tertiary/aromatic N) is 2. The summed E-state index contributed by atoms with van der Waals surface area (Å²) in [6.45, 7) is 9.73. The predicted octanol–water partition coefficient (Wildman–Crippen LogP) is -0.629. The van der Waals surface area contributed by atoms with Gasteiger partial charge in [-0.25, -0.2) is 0 Å². The summed E-state index contributed by atoms with van der Waals surface area (Å²) in [5.74, 6) is 0. The van der Waals surface area contributed by atoms with Crippen LogP contribution in [0.3, 0.4) is 0 Å². The van der Waals surface area contributed by atoms with Crippen LogP contribution in [0.4, 0.5) is 0 Å². The van der Waals surface area contributed by atoms with Crippen LogP contribution in [-0.2, 0) is 0 Å². The van der Waals surface area contributed by atoms with E-state index in [1.807, 2.05) is 0 Å². The van der Waals surface area contributed by atoms with Crippen molar-refractivity contribution in [3.63, 3.8) is 0 Å². The van der Waals surface area contributed by atoms with Crippen LogP contribution in [0.2, 0.25) is 0 Å². The van der Waals surface area contributed by atoms with E-state index < -0.39 is 0 Å². The Morgan fingerprint density at radius 1 is 1.14 bits per heavy atom. The standard InChI is InChI=1S/C9H26N4Si/c1-6-10-9(11-14-12(4)5)13(7-2)8-3/h9-11H,6-8,14H2,1-5H3. The van der Waals surface area contributed by atoms with Crippen LogP contribution < -0.4 is 10.3 Å². The number of rotatable bonds is 8. The third-order valence-electron chi connectivity index (χ3n) is 2.18. The average molecular weight is 218 g/mol. The topological polar surface area (TPSA) is 30.5 Å². The van der Waals surface area contributed by atoms with Gasteiger partial charge in [-0.1, -0.05) is 20.8 Å². The second kappa shape index (κ2) is 8.37. The first-order valence-electron chi connectivity index (χ1n) is 5.51. The summed E-state index contributed by atoms with van der Waals surface area (Å²) in [6.07, 6.45) is 0.351. The van der Waals surface area contributed by atoms with Crippen molar-refractivity contribution < 1.29 is 0 Å². The van der Waals surface area contributed by atoms with Gasteiger partial charge in [0.15, 0.2) is 9.84 Å². The van der Waals surface area contributed by atoms with Crippen LogP contribution in [0.15, 0.2) is 0 Å². The Morgan fingerprint density at radius 3 is 2.07 bits per heavy atom. The van der Waals surface area contributed by atoms with Gasteiger partial charge in [-0.05, 0) is 33.7 Å². The minimum atomic E-state index is -0.304. The van der Waals surface area contributed by atoms with Crippen LogP contribution in [0.25, 0.3) is 0 Å². The molecule has 0 aliphatic rings. The van der Waals surface area contributed by atoms with Gasteiger partial charge in [-0.15, -0.1) is 0 Å². The van der Waals surface area contributed by atoms with Gasteiger partial charge in [-0.2, -0.15) is 0 Å². The first-order chi connectivity index (χ1) is 6.65. The molecule has 0 aromatic rings. The van der Waals surface area contributed by atoms with Crippen molar-refractivity contribution in [1.29, 1.82) is 0 Å². The quantitative estimate of drug-likeness (QED) is 0.420. The van der Waals surface area contributed by atoms with Gasteiger partial charge < -0.3 is 9.55 Å². The molecule has 4 nitrogen and oxygen atoms in total. The van der Waals surface area contributed by atoms with Gasteiger partial charge in [0.2, 0.25) is 0 Å². The molecule has 2 N–H and O–H groups in total. The van der Waals surface area contributed by atoms with E-state index in [4.69, 9.17) is 0 Å². The van der Waals surface area contributed by atoms with Crippen molar-refractivity contribution >= 4 is 9.84 Å². The van der Waals surface area contributed by atoms with Crippen molar-refractivity contribution in [2.24, 2.45) is 0 Å². The van der Waals surface area contributed by atoms with Crippen molar-refractivity contribution in [2.45, 2.75) is 27.1 Å². The molecule has 0 saturated heterocycles. The summed E-state index contributed by atoms with van der Waals surface area (Å²) in [4.78, 5) is 6.00. The molecule has 0 aliphatic carbocycles. The van der Waals surface area contributed by atoms with Gasteiger partial charge in [-0.3, -0.25) is 10.2 Å². The molecule has 0 saturated carbocycles. The first kappa shape index (κ1) is 14.1. The summed E-state index contributed by atoms with van der Waals surface area (Å²) in [6, 6.07) is 0. The number of hydrogen-bond acceptors (Lipinski definition) is 4. The van der Waals surface area contributed by atoms with Gasteiger partial charge in [0.25, 0.3) is 0 Å². The highest BCUT2D eigenvalue weighted by Crippen LogP contribution is 1.91. The highest BCUT2D eigenvalue weighted by atomic mass is 28.2. The zero-order valence-corrected chi connectivity index (χ0v) is 11.7. The molecular weight excluding hydrogens is 192 g/mol. The molecule has 0 rings (SSSR count). The van der Waals surface area contributed by atoms with Gasteiger partial charge in [0.05, 0.1) is 0 Å². The van der Waals surface area contributed by atoms with E-state index in [2.05, 4.69) is 54.6 Å². The molecule has 14 heavy (non-hydrogen) atoms. The van der Waals surface area contributed by atoms with Crippen molar-refractivity contribution in [1.82, 2.24) is 19.8 Å². The maximum atomic E-state index is 3.60. The minimum Gasteiger partial charge on any atom is -0.322 e. The fourth-order valence-corrected chi connectivity index (χ4v) is 2.32. The fourth-order valence-electron chi connectivity index (χ4n) is 1.38. The summed E-state index contributed by atoms with van der Waals surface area (Å²) in [5, 5.41) is 3.46. The van der Waals surface area contributed by atoms with Crippen LogP contribution in [-0.4, -0.2) is 59.3 Å². The smallest absolute Gasteiger partial charge is 0.172 e. The lowest BCUT2D eigenvalue weighted by molar-refractivity contribution is 0.171. The lowest BCUT2D eigenvalue weighted by atomic mass is 10.5. The summed E-state index contributed by atoms with van der Waals surface area (Å²) in [7, 11) is 3.95. The lowest BCUT2D eigenvalue weighted by Gasteiger charge is -2.31. The minimum absolute atomic E-state index is 0.304. The van der Waals surface area contributed by atoms with Crippen LogP contribution in [0.1, 0.15) is 20.8 Å². The Bertz CT molecular complexity index is 128. The van der Waals surface area contributed by atoms with Crippen molar-refractivity contribution in [3.8, 4) is 0 Å². The van der Waals surface area contributed by atoms with E-state index in [1.54, 1.807) is 0 Å². The lowest BCUT2D eigenvalue weighted by Crippen LogP contribution is -2.57. The molecule has 0 aliphatic heterocycles. The second-order valence-corrected chi connectivity index (χ2v) is 5.61. The summed E-state index contributed by atoms with van der Waals surface area (Å²) in [5.41, 5.74) is 0. The normalized spacial score (nSPS) is 14.8. The molecule has 1 unspecified atom stereocenters. The summed E-state index contributed by atoms with van der Waals surface area (Å²) >= 11 is 0. The van der Waals surface area contributed by atoms with Crippen LogP contribution in [0, 0.1) is 0 Å². The molecule has 86 valence electrons. The monoisotopic (exact) mass is 218 g/mol. The SMILES string of the molecule is CCNC(N[SiH2]N(C)C)N(CC)CC. The molecule has 0 aromatic carbocycles. The maximum Gasteiger partial charge on any atom is 0.172 e. The average Bonchev–Trinajstić information content (AvgIpc) is 2.15. The molecular formula is C9H26N4Si. The molecule has 0 heterocycles. The third-order valence-corrected chi connectivity index (χ3v) is 3.38. The highest BCUT2D eigenvalue weighted by Gasteiger charge is 2.12. The largest absolute Gasteiger partial charge is 0.322 e. The van der Waals surface area contributed by atoms with Crippen LogP contribution >= 0.6 is 0 Å². The highest BCUT2D eigenvalue weighted by molar-refractivity contribution is 6.28. The van der Waals surface area contributed by atoms with E-state index in [0.717, 1.165) is 19.6 Å². The van der Waals surface area contributed by atoms with Gasteiger partial charge in [0.1, 0.15) is 6.29 Å². The van der Waals surface area contributed by atoms with Crippen LogP contribution in [0.5, 0.6) is 0 Å². The second-order valence-electron chi connectivity index (χ2n) is 3.62. The molecule has 0 bridgehead atoms. The zero-order chi connectivity index (χ0) is 11.0. The molecule has 0 amide bonds. The first-order valence-corrected chi connectivity index (χ1v) is 6.85.